The highest BCUT2D eigenvalue weighted by Gasteiger charge is 2.22. The number of anilines is 2. The second-order valence-electron chi connectivity index (χ2n) is 11.0. The second kappa shape index (κ2) is 12.7. The molecule has 0 saturated carbocycles. The minimum Gasteiger partial charge on any atom is -0.437 e. The van der Waals surface area contributed by atoms with Crippen LogP contribution in [0.15, 0.2) is 47.1 Å². The quantitative estimate of drug-likeness (QED) is 0.311. The summed E-state index contributed by atoms with van der Waals surface area (Å²) in [5.74, 6) is 1.58. The maximum absolute atomic E-state index is 12.3. The van der Waals surface area contributed by atoms with Crippen molar-refractivity contribution in [3.63, 3.8) is 0 Å². The Morgan fingerprint density at radius 1 is 1.23 bits per heavy atom. The Morgan fingerprint density at radius 3 is 2.58 bits per heavy atom. The number of ether oxygens (including phenoxy) is 1. The Kier molecular flexibility index (Phi) is 9.28. The van der Waals surface area contributed by atoms with Gasteiger partial charge in [-0.05, 0) is 97.4 Å². The molecule has 2 heterocycles. The van der Waals surface area contributed by atoms with Gasteiger partial charge < -0.3 is 26.0 Å². The summed E-state index contributed by atoms with van der Waals surface area (Å²) in [7, 11) is 0. The number of aromatic nitrogens is 2. The van der Waals surface area contributed by atoms with E-state index in [1.807, 2.05) is 39.8 Å². The lowest BCUT2D eigenvalue weighted by Gasteiger charge is -2.34. The minimum absolute atomic E-state index is 0.0269. The zero-order valence-corrected chi connectivity index (χ0v) is 25.0. The lowest BCUT2D eigenvalue weighted by Crippen LogP contribution is -2.45. The Morgan fingerprint density at radius 2 is 1.93 bits per heavy atom. The van der Waals surface area contributed by atoms with E-state index in [0.29, 0.717) is 40.6 Å². The molecule has 3 aromatic rings. The van der Waals surface area contributed by atoms with Gasteiger partial charge in [0.15, 0.2) is 0 Å². The molecule has 0 unspecified atom stereocenters. The molecule has 0 atom stereocenters. The fourth-order valence-corrected chi connectivity index (χ4v) is 4.94. The zero-order chi connectivity index (χ0) is 28.9. The van der Waals surface area contributed by atoms with E-state index in [0.717, 1.165) is 48.3 Å². The molecule has 1 fully saturated rings. The number of rotatable bonds is 9. The third-order valence-corrected chi connectivity index (χ3v) is 7.25. The van der Waals surface area contributed by atoms with E-state index in [-0.39, 0.29) is 11.9 Å². The Bertz CT molecular complexity index is 1380. The number of carbonyl (C=O) groups is 1. The average Bonchev–Trinajstić information content (AvgIpc) is 2.91. The molecule has 210 valence electrons. The van der Waals surface area contributed by atoms with Crippen LogP contribution in [-0.4, -0.2) is 47.1 Å². The molecule has 0 radical (unpaired) electrons. The number of hydrogen-bond acceptors (Lipinski definition) is 8. The standard InChI is InChI=1S/C30H36BrN7O2/c1-19-12-22(16-32)13-20(2)27(19)40-28-25(31)17-34-29(37-28)36-23-8-10-38(11-9-23)24-7-5-6-21(14-24)15-26(39)35-18-30(3,4)33/h5-7,12-14,17,23H,8-11,15,18,33H2,1-4H3,(H,35,39)(H,34,36,37). The molecule has 0 spiro atoms. The van der Waals surface area contributed by atoms with E-state index in [4.69, 9.17) is 10.5 Å². The summed E-state index contributed by atoms with van der Waals surface area (Å²) in [6.45, 7) is 9.80. The van der Waals surface area contributed by atoms with Gasteiger partial charge in [-0.15, -0.1) is 0 Å². The van der Waals surface area contributed by atoms with Crippen molar-refractivity contribution >= 4 is 33.5 Å². The summed E-state index contributed by atoms with van der Waals surface area (Å²) < 4.78 is 6.80. The third-order valence-electron chi connectivity index (χ3n) is 6.71. The maximum Gasteiger partial charge on any atom is 0.238 e. The predicted octanol–water partition coefficient (Wildman–Crippen LogP) is 5.00. The summed E-state index contributed by atoms with van der Waals surface area (Å²) in [5, 5.41) is 15.6. The van der Waals surface area contributed by atoms with Crippen LogP contribution in [0.1, 0.15) is 48.9 Å². The van der Waals surface area contributed by atoms with Crippen LogP contribution >= 0.6 is 15.9 Å². The van der Waals surface area contributed by atoms with E-state index in [1.54, 1.807) is 18.3 Å². The van der Waals surface area contributed by atoms with E-state index in [2.05, 4.69) is 59.6 Å². The monoisotopic (exact) mass is 605 g/mol. The van der Waals surface area contributed by atoms with E-state index in [9.17, 15) is 10.1 Å². The zero-order valence-electron chi connectivity index (χ0n) is 23.4. The number of nitriles is 1. The number of halogens is 1. The van der Waals surface area contributed by atoms with Crippen molar-refractivity contribution in [3.05, 3.63) is 69.3 Å². The van der Waals surface area contributed by atoms with Crippen LogP contribution in [0.2, 0.25) is 0 Å². The first-order valence-electron chi connectivity index (χ1n) is 13.4. The number of carbonyl (C=O) groups excluding carboxylic acids is 1. The first kappa shape index (κ1) is 29.3. The molecule has 0 bridgehead atoms. The van der Waals surface area contributed by atoms with Crippen molar-refractivity contribution in [2.75, 3.05) is 29.9 Å². The van der Waals surface area contributed by atoms with Gasteiger partial charge in [-0.25, -0.2) is 4.98 Å². The van der Waals surface area contributed by atoms with Crippen LogP contribution in [0, 0.1) is 25.2 Å². The van der Waals surface area contributed by atoms with Gasteiger partial charge in [0, 0.05) is 36.9 Å². The molecule has 1 aliphatic heterocycles. The van der Waals surface area contributed by atoms with Gasteiger partial charge in [0.05, 0.1) is 28.7 Å². The van der Waals surface area contributed by atoms with Crippen LogP contribution in [-0.2, 0) is 11.2 Å². The Balaban J connectivity index is 1.34. The molecule has 9 nitrogen and oxygen atoms in total. The number of nitrogens with zero attached hydrogens (tertiary/aromatic N) is 4. The summed E-state index contributed by atoms with van der Waals surface area (Å²) in [5.41, 5.74) is 9.97. The first-order chi connectivity index (χ1) is 19.0. The first-order valence-corrected chi connectivity index (χ1v) is 14.2. The molecular formula is C30H36BrN7O2. The Hall–Kier alpha value is -3.68. The number of benzene rings is 2. The fourth-order valence-electron chi connectivity index (χ4n) is 4.67. The van der Waals surface area contributed by atoms with Crippen LogP contribution < -0.4 is 26.0 Å². The molecule has 4 N–H and O–H groups in total. The van der Waals surface area contributed by atoms with Gasteiger partial charge in [-0.3, -0.25) is 4.79 Å². The number of nitrogens with two attached hydrogens (primary N) is 1. The van der Waals surface area contributed by atoms with Crippen LogP contribution in [0.25, 0.3) is 0 Å². The molecule has 2 aromatic carbocycles. The van der Waals surface area contributed by atoms with Crippen molar-refractivity contribution in [2.45, 2.75) is 58.5 Å². The minimum atomic E-state index is -0.436. The molecule has 40 heavy (non-hydrogen) atoms. The normalized spacial score (nSPS) is 14.0. The number of nitrogens with one attached hydrogen (secondary N) is 2. The van der Waals surface area contributed by atoms with Gasteiger partial charge in [0.2, 0.25) is 17.7 Å². The molecule has 4 rings (SSSR count). The largest absolute Gasteiger partial charge is 0.437 e. The van der Waals surface area contributed by atoms with Gasteiger partial charge in [-0.2, -0.15) is 10.2 Å². The van der Waals surface area contributed by atoms with Gasteiger partial charge in [0.1, 0.15) is 5.75 Å². The van der Waals surface area contributed by atoms with Crippen LogP contribution in [0.4, 0.5) is 11.6 Å². The van der Waals surface area contributed by atoms with Crippen LogP contribution in [0.5, 0.6) is 11.6 Å². The second-order valence-corrected chi connectivity index (χ2v) is 11.9. The molecule has 1 aromatic heterocycles. The molecule has 1 saturated heterocycles. The molecule has 1 amide bonds. The molecule has 0 aliphatic carbocycles. The van der Waals surface area contributed by atoms with E-state index < -0.39 is 5.54 Å². The summed E-state index contributed by atoms with van der Waals surface area (Å²) in [4.78, 5) is 23.7. The van der Waals surface area contributed by atoms with Crippen molar-refractivity contribution in [3.8, 4) is 17.7 Å². The summed E-state index contributed by atoms with van der Waals surface area (Å²) >= 11 is 3.49. The number of piperidine rings is 1. The molecular weight excluding hydrogens is 570 g/mol. The number of amides is 1. The average molecular weight is 607 g/mol. The smallest absolute Gasteiger partial charge is 0.238 e. The highest BCUT2D eigenvalue weighted by Crippen LogP contribution is 2.33. The molecule has 10 heteroatoms. The van der Waals surface area contributed by atoms with E-state index >= 15 is 0 Å². The summed E-state index contributed by atoms with van der Waals surface area (Å²) in [6, 6.07) is 14.2. The predicted molar refractivity (Wildman–Crippen MR) is 161 cm³/mol. The van der Waals surface area contributed by atoms with Gasteiger partial charge >= 0.3 is 0 Å². The van der Waals surface area contributed by atoms with Gasteiger partial charge in [0.25, 0.3) is 0 Å². The molecule has 1 aliphatic rings. The number of aryl methyl sites for hydroxylation is 2. The van der Waals surface area contributed by atoms with Gasteiger partial charge in [-0.1, -0.05) is 12.1 Å². The number of hydrogen-bond donors (Lipinski definition) is 3. The maximum atomic E-state index is 12.3. The highest BCUT2D eigenvalue weighted by molar-refractivity contribution is 9.10. The van der Waals surface area contributed by atoms with Crippen LogP contribution in [0.3, 0.4) is 0 Å². The van der Waals surface area contributed by atoms with Crippen molar-refractivity contribution in [2.24, 2.45) is 5.73 Å². The highest BCUT2D eigenvalue weighted by atomic mass is 79.9. The van der Waals surface area contributed by atoms with Crippen molar-refractivity contribution < 1.29 is 9.53 Å². The lowest BCUT2D eigenvalue weighted by atomic mass is 10.0. The topological polar surface area (TPSA) is 129 Å². The van der Waals surface area contributed by atoms with E-state index in [1.165, 1.54) is 0 Å². The lowest BCUT2D eigenvalue weighted by molar-refractivity contribution is -0.120. The summed E-state index contributed by atoms with van der Waals surface area (Å²) in [6.07, 6.45) is 3.85. The van der Waals surface area contributed by atoms with Crippen molar-refractivity contribution in [1.82, 2.24) is 15.3 Å². The SMILES string of the molecule is Cc1cc(C#N)cc(C)c1Oc1nc(NC2CCN(c3cccc(CC(=O)NCC(C)(C)N)c3)CC2)ncc1Br. The fraction of sp³-hybridized carbons (Fsp3) is 0.400. The van der Waals surface area contributed by atoms with Crippen molar-refractivity contribution in [1.29, 1.82) is 5.26 Å². The Labute approximate surface area is 244 Å². The third kappa shape index (κ3) is 7.93.